The Morgan fingerprint density at radius 2 is 1.57 bits per heavy atom. The van der Waals surface area contributed by atoms with Crippen LogP contribution in [0, 0.1) is 5.92 Å². The molecule has 0 aliphatic heterocycles. The molecule has 2 aromatic rings. The highest BCUT2D eigenvalue weighted by Crippen LogP contribution is 2.35. The zero-order valence-electron chi connectivity index (χ0n) is 13.7. The first-order valence-electron chi connectivity index (χ1n) is 8.31. The van der Waals surface area contributed by atoms with Crippen LogP contribution in [0.4, 0.5) is 0 Å². The third-order valence-corrected chi connectivity index (χ3v) is 4.69. The van der Waals surface area contributed by atoms with Gasteiger partial charge >= 0.3 is 0 Å². The molecule has 1 N–H and O–H groups in total. The van der Waals surface area contributed by atoms with Gasteiger partial charge in [-0.25, -0.2) is 0 Å². The summed E-state index contributed by atoms with van der Waals surface area (Å²) in [7, 11) is 0. The molecule has 1 aliphatic carbocycles. The first-order valence-corrected chi connectivity index (χ1v) is 8.31. The van der Waals surface area contributed by atoms with E-state index in [4.69, 9.17) is 0 Å². The van der Waals surface area contributed by atoms with Crippen LogP contribution in [0.1, 0.15) is 24.5 Å². The Bertz CT molecular complexity index is 680. The van der Waals surface area contributed by atoms with E-state index in [0.717, 1.165) is 12.8 Å². The number of benzene rings is 2. The van der Waals surface area contributed by atoms with Gasteiger partial charge in [0.25, 0.3) is 0 Å². The highest BCUT2D eigenvalue weighted by atomic mass is 16.3. The lowest BCUT2D eigenvalue weighted by atomic mass is 9.75. The number of allylic oxidation sites excluding steroid dienone is 3. The molecule has 23 heavy (non-hydrogen) atoms. The summed E-state index contributed by atoms with van der Waals surface area (Å²) in [5.74, 6) is 0.125. The van der Waals surface area contributed by atoms with Crippen LogP contribution in [0.3, 0.4) is 0 Å². The molecule has 1 aliphatic rings. The number of aliphatic hydroxyl groups is 1. The highest BCUT2D eigenvalue weighted by Gasteiger charge is 2.34. The molecule has 2 aromatic carbocycles. The van der Waals surface area contributed by atoms with E-state index in [1.807, 2.05) is 31.2 Å². The van der Waals surface area contributed by atoms with Crippen LogP contribution in [0.2, 0.25) is 0 Å². The quantitative estimate of drug-likeness (QED) is 0.818. The van der Waals surface area contributed by atoms with Gasteiger partial charge in [0.15, 0.2) is 0 Å². The highest BCUT2D eigenvalue weighted by molar-refractivity contribution is 5.31. The van der Waals surface area contributed by atoms with Crippen LogP contribution in [0.5, 0.6) is 0 Å². The number of rotatable bonds is 6. The molecule has 0 saturated heterocycles. The fourth-order valence-corrected chi connectivity index (χ4v) is 3.45. The Morgan fingerprint density at radius 3 is 2.13 bits per heavy atom. The van der Waals surface area contributed by atoms with Crippen LogP contribution in [0.15, 0.2) is 84.5 Å². The van der Waals surface area contributed by atoms with Crippen molar-refractivity contribution in [1.82, 2.24) is 0 Å². The van der Waals surface area contributed by atoms with Crippen molar-refractivity contribution in [2.24, 2.45) is 5.92 Å². The van der Waals surface area contributed by atoms with E-state index in [9.17, 15) is 5.11 Å². The van der Waals surface area contributed by atoms with Crippen LogP contribution < -0.4 is 0 Å². The van der Waals surface area contributed by atoms with Gasteiger partial charge in [-0.15, -0.1) is 0 Å². The summed E-state index contributed by atoms with van der Waals surface area (Å²) in [6, 6.07) is 20.7. The normalized spacial score (nSPS) is 17.6. The minimum absolute atomic E-state index is 0.125. The summed E-state index contributed by atoms with van der Waals surface area (Å²) in [6.45, 7) is 1.98. The van der Waals surface area contributed by atoms with Gasteiger partial charge in [0, 0.05) is 12.3 Å². The zero-order chi connectivity index (χ0) is 16.1. The second-order valence-corrected chi connectivity index (χ2v) is 6.64. The maximum atomic E-state index is 11.3. The topological polar surface area (TPSA) is 20.2 Å². The van der Waals surface area contributed by atoms with Crippen molar-refractivity contribution in [2.75, 3.05) is 0 Å². The van der Waals surface area contributed by atoms with Gasteiger partial charge in [0.2, 0.25) is 0 Å². The molecule has 0 spiro atoms. The monoisotopic (exact) mass is 304 g/mol. The second-order valence-electron chi connectivity index (χ2n) is 6.64. The summed E-state index contributed by atoms with van der Waals surface area (Å²) in [6.07, 6.45) is 8.93. The van der Waals surface area contributed by atoms with Crippen LogP contribution >= 0.6 is 0 Å². The summed E-state index contributed by atoms with van der Waals surface area (Å²) < 4.78 is 0. The smallest absolute Gasteiger partial charge is 0.0728 e. The fraction of sp³-hybridized carbons (Fsp3) is 0.273. The molecule has 2 unspecified atom stereocenters. The lowest BCUT2D eigenvalue weighted by molar-refractivity contribution is 0.0133. The third-order valence-electron chi connectivity index (χ3n) is 4.69. The molecule has 0 amide bonds. The molecule has 0 heterocycles. The van der Waals surface area contributed by atoms with Gasteiger partial charge in [-0.3, -0.25) is 0 Å². The third kappa shape index (κ3) is 4.00. The Labute approximate surface area is 139 Å². The van der Waals surface area contributed by atoms with E-state index in [0.29, 0.717) is 6.42 Å². The molecule has 0 aromatic heterocycles. The van der Waals surface area contributed by atoms with E-state index in [1.54, 1.807) is 0 Å². The molecule has 1 nitrogen and oxygen atoms in total. The van der Waals surface area contributed by atoms with Gasteiger partial charge in [-0.2, -0.15) is 0 Å². The Morgan fingerprint density at radius 1 is 0.957 bits per heavy atom. The number of hydrogen-bond acceptors (Lipinski definition) is 1. The van der Waals surface area contributed by atoms with Crippen molar-refractivity contribution in [1.29, 1.82) is 0 Å². The van der Waals surface area contributed by atoms with Crippen LogP contribution in [0.25, 0.3) is 0 Å². The molecule has 1 heteroatoms. The van der Waals surface area contributed by atoms with E-state index >= 15 is 0 Å². The molecular weight excluding hydrogens is 280 g/mol. The van der Waals surface area contributed by atoms with Gasteiger partial charge in [-0.1, -0.05) is 84.5 Å². The number of hydrogen-bond donors (Lipinski definition) is 1. The standard InChI is InChI=1S/C22H24O/c1-22(23,17-19-12-6-3-7-13-19)21(20-14-8-9-15-20)16-18-10-4-2-5-11-18/h2-14,21,23H,15-17H2,1H3. The summed E-state index contributed by atoms with van der Waals surface area (Å²) >= 11 is 0. The van der Waals surface area contributed by atoms with E-state index in [1.165, 1.54) is 16.7 Å². The van der Waals surface area contributed by atoms with Crippen molar-refractivity contribution >= 4 is 0 Å². The SMILES string of the molecule is CC(O)(Cc1ccccc1)C(Cc1ccccc1)C1=CC=CC1. The average molecular weight is 304 g/mol. The van der Waals surface area contributed by atoms with Crippen molar-refractivity contribution in [2.45, 2.75) is 31.8 Å². The summed E-state index contributed by atoms with van der Waals surface area (Å²) in [5, 5.41) is 11.3. The van der Waals surface area contributed by atoms with Crippen molar-refractivity contribution in [3.05, 3.63) is 95.6 Å². The lowest BCUT2D eigenvalue weighted by Gasteiger charge is -2.35. The van der Waals surface area contributed by atoms with Gasteiger partial charge in [0.05, 0.1) is 5.60 Å². The van der Waals surface area contributed by atoms with E-state index in [2.05, 4.69) is 54.6 Å². The molecule has 118 valence electrons. The summed E-state index contributed by atoms with van der Waals surface area (Å²) in [4.78, 5) is 0. The predicted molar refractivity (Wildman–Crippen MR) is 96.2 cm³/mol. The van der Waals surface area contributed by atoms with E-state index in [-0.39, 0.29) is 5.92 Å². The maximum Gasteiger partial charge on any atom is 0.0728 e. The molecule has 2 atom stereocenters. The van der Waals surface area contributed by atoms with Crippen LogP contribution in [-0.2, 0) is 12.8 Å². The predicted octanol–water partition coefficient (Wildman–Crippen LogP) is 4.73. The maximum absolute atomic E-state index is 11.3. The summed E-state index contributed by atoms with van der Waals surface area (Å²) in [5.41, 5.74) is 3.02. The van der Waals surface area contributed by atoms with Crippen molar-refractivity contribution in [3.63, 3.8) is 0 Å². The first-order chi connectivity index (χ1) is 11.1. The van der Waals surface area contributed by atoms with Crippen molar-refractivity contribution in [3.8, 4) is 0 Å². The molecule has 0 fully saturated rings. The van der Waals surface area contributed by atoms with Gasteiger partial charge < -0.3 is 5.11 Å². The molecule has 0 saturated carbocycles. The molecule has 3 rings (SSSR count). The molecule has 0 bridgehead atoms. The molecular formula is C22H24O. The van der Waals surface area contributed by atoms with Crippen molar-refractivity contribution < 1.29 is 5.11 Å². The Balaban J connectivity index is 1.84. The minimum atomic E-state index is -0.769. The van der Waals surface area contributed by atoms with Gasteiger partial charge in [-0.05, 0) is 30.9 Å². The lowest BCUT2D eigenvalue weighted by Crippen LogP contribution is -2.39. The second kappa shape index (κ2) is 6.97. The first kappa shape index (κ1) is 15.8. The van der Waals surface area contributed by atoms with E-state index < -0.39 is 5.60 Å². The Hall–Kier alpha value is -2.12. The average Bonchev–Trinajstić information content (AvgIpc) is 3.08. The zero-order valence-corrected chi connectivity index (χ0v) is 13.7. The Kier molecular flexibility index (Phi) is 4.78. The minimum Gasteiger partial charge on any atom is -0.389 e. The fourth-order valence-electron chi connectivity index (χ4n) is 3.45. The van der Waals surface area contributed by atoms with Gasteiger partial charge in [0.1, 0.15) is 0 Å². The largest absolute Gasteiger partial charge is 0.389 e. The van der Waals surface area contributed by atoms with Crippen LogP contribution in [-0.4, -0.2) is 10.7 Å². The molecule has 0 radical (unpaired) electrons.